The number of anilines is 1. The molecule has 6 nitrogen and oxygen atoms in total. The largest absolute Gasteiger partial charge is 0.466 e. The highest BCUT2D eigenvalue weighted by Crippen LogP contribution is 2.06. The first kappa shape index (κ1) is 11.2. The zero-order valence-corrected chi connectivity index (χ0v) is 8.69. The van der Waals surface area contributed by atoms with E-state index in [2.05, 4.69) is 9.84 Å². The monoisotopic (exact) mass is 211 g/mol. The van der Waals surface area contributed by atoms with Crippen LogP contribution in [0.15, 0.2) is 6.07 Å². The van der Waals surface area contributed by atoms with Crippen LogP contribution < -0.4 is 5.73 Å². The van der Waals surface area contributed by atoms with Crippen LogP contribution in [0.25, 0.3) is 0 Å². The van der Waals surface area contributed by atoms with Gasteiger partial charge in [-0.15, -0.1) is 0 Å². The summed E-state index contributed by atoms with van der Waals surface area (Å²) in [5.74, 6) is -0.837. The van der Waals surface area contributed by atoms with Crippen molar-refractivity contribution in [2.75, 3.05) is 12.3 Å². The predicted molar refractivity (Wildman–Crippen MR) is 53.3 cm³/mol. The zero-order chi connectivity index (χ0) is 11.4. The van der Waals surface area contributed by atoms with Crippen LogP contribution in [-0.2, 0) is 9.53 Å². The quantitative estimate of drug-likeness (QED) is 0.576. The molecule has 0 aliphatic heterocycles. The molecule has 1 rings (SSSR count). The van der Waals surface area contributed by atoms with E-state index in [0.717, 1.165) is 4.68 Å². The molecule has 0 fully saturated rings. The Hall–Kier alpha value is -1.85. The van der Waals surface area contributed by atoms with E-state index >= 15 is 0 Å². The molecule has 82 valence electrons. The van der Waals surface area contributed by atoms with E-state index in [1.807, 2.05) is 0 Å². The predicted octanol–water partition coefficient (Wildman–Crippen LogP) is 0.367. The fourth-order valence-electron chi connectivity index (χ4n) is 1.13. The van der Waals surface area contributed by atoms with Crippen LogP contribution in [0, 0.1) is 6.92 Å². The number of carbonyl (C=O) groups excluding carboxylic acids is 2. The van der Waals surface area contributed by atoms with E-state index < -0.39 is 11.9 Å². The van der Waals surface area contributed by atoms with Crippen molar-refractivity contribution in [1.82, 2.24) is 9.78 Å². The highest BCUT2D eigenvalue weighted by atomic mass is 16.5. The summed E-state index contributed by atoms with van der Waals surface area (Å²) in [6.45, 7) is 3.64. The van der Waals surface area contributed by atoms with Crippen molar-refractivity contribution in [1.29, 1.82) is 0 Å². The van der Waals surface area contributed by atoms with Crippen LogP contribution in [0.4, 0.5) is 5.82 Å². The molecule has 0 saturated heterocycles. The van der Waals surface area contributed by atoms with Gasteiger partial charge in [-0.2, -0.15) is 9.78 Å². The van der Waals surface area contributed by atoms with Crippen molar-refractivity contribution in [2.24, 2.45) is 0 Å². The number of aromatic nitrogens is 2. The first-order valence-corrected chi connectivity index (χ1v) is 4.55. The van der Waals surface area contributed by atoms with Gasteiger partial charge in [-0.25, -0.2) is 0 Å². The molecule has 0 bridgehead atoms. The molecule has 0 saturated carbocycles. The summed E-state index contributed by atoms with van der Waals surface area (Å²) in [6.07, 6.45) is -0.348. The van der Waals surface area contributed by atoms with Crippen molar-refractivity contribution in [2.45, 2.75) is 20.3 Å². The SMILES string of the molecule is CCOC(=O)CC(=O)n1nc(C)cc1N. The molecule has 1 aromatic rings. The Morgan fingerprint density at radius 1 is 1.60 bits per heavy atom. The lowest BCUT2D eigenvalue weighted by Crippen LogP contribution is -2.20. The number of esters is 1. The first-order chi connectivity index (χ1) is 7.04. The summed E-state index contributed by atoms with van der Waals surface area (Å²) in [4.78, 5) is 22.5. The third kappa shape index (κ3) is 2.80. The highest BCUT2D eigenvalue weighted by Gasteiger charge is 2.15. The third-order valence-electron chi connectivity index (χ3n) is 1.70. The molecule has 0 amide bonds. The number of hydrogen-bond donors (Lipinski definition) is 1. The normalized spacial score (nSPS) is 10.0. The lowest BCUT2D eigenvalue weighted by Gasteiger charge is -2.02. The van der Waals surface area contributed by atoms with Crippen LogP contribution in [-0.4, -0.2) is 28.3 Å². The van der Waals surface area contributed by atoms with Crippen LogP contribution in [0.1, 0.15) is 23.8 Å². The molecule has 0 unspecified atom stereocenters. The Morgan fingerprint density at radius 3 is 2.73 bits per heavy atom. The van der Waals surface area contributed by atoms with Gasteiger partial charge in [0.05, 0.1) is 12.3 Å². The highest BCUT2D eigenvalue weighted by molar-refractivity contribution is 5.96. The number of ether oxygens (including phenoxy) is 1. The van der Waals surface area contributed by atoms with Gasteiger partial charge >= 0.3 is 5.97 Å². The minimum Gasteiger partial charge on any atom is -0.466 e. The van der Waals surface area contributed by atoms with Crippen molar-refractivity contribution in [3.8, 4) is 0 Å². The van der Waals surface area contributed by atoms with Gasteiger partial charge in [0.25, 0.3) is 5.91 Å². The van der Waals surface area contributed by atoms with Crippen LogP contribution in [0.5, 0.6) is 0 Å². The molecule has 0 aliphatic carbocycles. The zero-order valence-electron chi connectivity index (χ0n) is 8.69. The molecule has 1 aromatic heterocycles. The summed E-state index contributed by atoms with van der Waals surface area (Å²) in [5.41, 5.74) is 6.15. The van der Waals surface area contributed by atoms with E-state index in [1.165, 1.54) is 0 Å². The lowest BCUT2D eigenvalue weighted by molar-refractivity contribution is -0.142. The van der Waals surface area contributed by atoms with Gasteiger partial charge < -0.3 is 10.5 Å². The van der Waals surface area contributed by atoms with Gasteiger partial charge in [0.2, 0.25) is 0 Å². The molecular weight excluding hydrogens is 198 g/mol. The second-order valence-corrected chi connectivity index (χ2v) is 3.00. The average Bonchev–Trinajstić information content (AvgIpc) is 2.45. The second kappa shape index (κ2) is 4.59. The second-order valence-electron chi connectivity index (χ2n) is 3.00. The van der Waals surface area contributed by atoms with Crippen LogP contribution in [0.2, 0.25) is 0 Å². The maximum absolute atomic E-state index is 11.5. The third-order valence-corrected chi connectivity index (χ3v) is 1.70. The standard InChI is InChI=1S/C9H13N3O3/c1-3-15-9(14)5-8(13)12-7(10)4-6(2)11-12/h4H,3,5,10H2,1-2H3. The van der Waals surface area contributed by atoms with Crippen molar-refractivity contribution in [3.05, 3.63) is 11.8 Å². The minimum absolute atomic E-state index is 0.224. The number of aryl methyl sites for hydroxylation is 1. The molecule has 0 aromatic carbocycles. The molecule has 2 N–H and O–H groups in total. The van der Waals surface area contributed by atoms with Gasteiger partial charge in [-0.1, -0.05) is 0 Å². The molecule has 0 atom stereocenters. The van der Waals surface area contributed by atoms with E-state index in [-0.39, 0.29) is 18.8 Å². The van der Waals surface area contributed by atoms with Gasteiger partial charge in [-0.3, -0.25) is 9.59 Å². The topological polar surface area (TPSA) is 87.2 Å². The smallest absolute Gasteiger partial charge is 0.315 e. The van der Waals surface area contributed by atoms with Crippen molar-refractivity contribution >= 4 is 17.7 Å². The first-order valence-electron chi connectivity index (χ1n) is 4.55. The summed E-state index contributed by atoms with van der Waals surface area (Å²) < 4.78 is 5.65. The number of hydrogen-bond acceptors (Lipinski definition) is 5. The Kier molecular flexibility index (Phi) is 3.43. The summed E-state index contributed by atoms with van der Waals surface area (Å²) in [6, 6.07) is 1.56. The summed E-state index contributed by atoms with van der Waals surface area (Å²) in [7, 11) is 0. The number of nitrogens with zero attached hydrogens (tertiary/aromatic N) is 2. The van der Waals surface area contributed by atoms with Gasteiger partial charge in [-0.05, 0) is 13.8 Å². The Balaban J connectivity index is 2.69. The van der Waals surface area contributed by atoms with E-state index in [9.17, 15) is 9.59 Å². The molecule has 0 spiro atoms. The van der Waals surface area contributed by atoms with Crippen molar-refractivity contribution < 1.29 is 14.3 Å². The molecule has 0 radical (unpaired) electrons. The molecule has 6 heteroatoms. The lowest BCUT2D eigenvalue weighted by atomic mass is 10.4. The number of carbonyl (C=O) groups is 2. The number of nitrogen functional groups attached to an aromatic ring is 1. The van der Waals surface area contributed by atoms with Gasteiger partial charge in [0.15, 0.2) is 0 Å². The van der Waals surface area contributed by atoms with Gasteiger partial charge in [0, 0.05) is 6.07 Å². The maximum atomic E-state index is 11.5. The maximum Gasteiger partial charge on any atom is 0.315 e. The van der Waals surface area contributed by atoms with Gasteiger partial charge in [0.1, 0.15) is 12.2 Å². The Bertz CT molecular complexity index is 384. The summed E-state index contributed by atoms with van der Waals surface area (Å²) in [5, 5.41) is 3.86. The Labute approximate surface area is 87.0 Å². The minimum atomic E-state index is -0.574. The number of nitrogens with two attached hydrogens (primary N) is 1. The molecule has 1 heterocycles. The van der Waals surface area contributed by atoms with Crippen LogP contribution in [0.3, 0.4) is 0 Å². The number of rotatable bonds is 3. The fraction of sp³-hybridized carbons (Fsp3) is 0.444. The van der Waals surface area contributed by atoms with E-state index in [1.54, 1.807) is 19.9 Å². The Morgan fingerprint density at radius 2 is 2.27 bits per heavy atom. The molecule has 0 aliphatic rings. The molecular formula is C9H13N3O3. The average molecular weight is 211 g/mol. The molecule has 15 heavy (non-hydrogen) atoms. The summed E-state index contributed by atoms with van der Waals surface area (Å²) >= 11 is 0. The van der Waals surface area contributed by atoms with E-state index in [0.29, 0.717) is 5.69 Å². The van der Waals surface area contributed by atoms with Crippen LogP contribution >= 0.6 is 0 Å². The van der Waals surface area contributed by atoms with E-state index in [4.69, 9.17) is 5.73 Å². The van der Waals surface area contributed by atoms with Crippen molar-refractivity contribution in [3.63, 3.8) is 0 Å². The fourth-order valence-corrected chi connectivity index (χ4v) is 1.13.